The molecule has 2 unspecified atom stereocenters. The summed E-state index contributed by atoms with van der Waals surface area (Å²) in [6.07, 6.45) is 0. The lowest BCUT2D eigenvalue weighted by molar-refractivity contribution is -0.148. The number of ether oxygens (including phenoxy) is 1. The van der Waals surface area contributed by atoms with Gasteiger partial charge in [-0.2, -0.15) is 5.26 Å². The fourth-order valence-corrected chi connectivity index (χ4v) is 2.06. The Morgan fingerprint density at radius 1 is 1.47 bits per heavy atom. The van der Waals surface area contributed by atoms with Gasteiger partial charge in [-0.3, -0.25) is 4.79 Å². The zero-order chi connectivity index (χ0) is 12.3. The lowest BCUT2D eigenvalue weighted by Gasteiger charge is -2.36. The Morgan fingerprint density at radius 2 is 2.18 bits per heavy atom. The van der Waals surface area contributed by atoms with E-state index in [0.29, 0.717) is 6.61 Å². The first-order chi connectivity index (χ1) is 8.24. The highest BCUT2D eigenvalue weighted by atomic mass is 16.5. The number of hydrogen-bond donors (Lipinski definition) is 0. The zero-order valence-corrected chi connectivity index (χ0v) is 9.67. The van der Waals surface area contributed by atoms with Gasteiger partial charge in [0, 0.05) is 0 Å². The predicted molar refractivity (Wildman–Crippen MR) is 61.9 cm³/mol. The molecule has 0 bridgehead atoms. The quantitative estimate of drug-likeness (QED) is 0.773. The monoisotopic (exact) mass is 230 g/mol. The molecule has 2 atom stereocenters. The van der Waals surface area contributed by atoms with Crippen LogP contribution in [0.2, 0.25) is 0 Å². The molecule has 0 N–H and O–H groups in total. The van der Waals surface area contributed by atoms with Crippen LogP contribution in [0.5, 0.6) is 0 Å². The second-order valence-electron chi connectivity index (χ2n) is 4.05. The van der Waals surface area contributed by atoms with E-state index in [0.717, 1.165) is 5.56 Å². The highest BCUT2D eigenvalue weighted by molar-refractivity contribution is 5.79. The molecular weight excluding hydrogens is 216 g/mol. The number of nitriles is 1. The van der Waals surface area contributed by atoms with E-state index in [1.54, 1.807) is 4.90 Å². The molecule has 1 aliphatic heterocycles. The Kier molecular flexibility index (Phi) is 3.40. The van der Waals surface area contributed by atoms with Crippen molar-refractivity contribution in [3.8, 4) is 6.07 Å². The van der Waals surface area contributed by atoms with E-state index in [9.17, 15) is 4.79 Å². The minimum Gasteiger partial charge on any atom is -0.368 e. The van der Waals surface area contributed by atoms with Gasteiger partial charge in [0.25, 0.3) is 0 Å². The first-order valence-corrected chi connectivity index (χ1v) is 5.57. The van der Waals surface area contributed by atoms with Gasteiger partial charge >= 0.3 is 0 Å². The SMILES string of the molecule is CC(c1ccccc1)N1C(=O)COCC1C#N. The van der Waals surface area contributed by atoms with Crippen LogP contribution in [0.25, 0.3) is 0 Å². The number of amides is 1. The molecule has 88 valence electrons. The number of hydrogen-bond acceptors (Lipinski definition) is 3. The topological polar surface area (TPSA) is 53.3 Å². The van der Waals surface area contributed by atoms with E-state index in [2.05, 4.69) is 6.07 Å². The molecule has 0 aromatic heterocycles. The van der Waals surface area contributed by atoms with Crippen LogP contribution in [0, 0.1) is 11.3 Å². The fourth-order valence-electron chi connectivity index (χ4n) is 2.06. The summed E-state index contributed by atoms with van der Waals surface area (Å²) in [5.41, 5.74) is 1.03. The lowest BCUT2D eigenvalue weighted by Crippen LogP contribution is -2.49. The van der Waals surface area contributed by atoms with Crippen LogP contribution in [0.15, 0.2) is 30.3 Å². The average Bonchev–Trinajstić information content (AvgIpc) is 2.38. The van der Waals surface area contributed by atoms with Crippen molar-refractivity contribution in [1.82, 2.24) is 4.90 Å². The van der Waals surface area contributed by atoms with Gasteiger partial charge in [-0.25, -0.2) is 0 Å². The van der Waals surface area contributed by atoms with Crippen molar-refractivity contribution in [3.05, 3.63) is 35.9 Å². The third-order valence-electron chi connectivity index (χ3n) is 2.97. The van der Waals surface area contributed by atoms with Gasteiger partial charge in [-0.1, -0.05) is 30.3 Å². The smallest absolute Gasteiger partial charge is 0.250 e. The molecule has 1 amide bonds. The van der Waals surface area contributed by atoms with Gasteiger partial charge < -0.3 is 9.64 Å². The maximum Gasteiger partial charge on any atom is 0.250 e. The number of carbonyl (C=O) groups is 1. The maximum atomic E-state index is 11.8. The Morgan fingerprint density at radius 3 is 2.82 bits per heavy atom. The highest BCUT2D eigenvalue weighted by Crippen LogP contribution is 2.24. The lowest BCUT2D eigenvalue weighted by atomic mass is 10.0. The normalized spacial score (nSPS) is 22.0. The first-order valence-electron chi connectivity index (χ1n) is 5.57. The summed E-state index contributed by atoms with van der Waals surface area (Å²) in [5.74, 6) is -0.126. The number of rotatable bonds is 2. The van der Waals surface area contributed by atoms with Crippen LogP contribution in [-0.2, 0) is 9.53 Å². The van der Waals surface area contributed by atoms with Gasteiger partial charge in [-0.15, -0.1) is 0 Å². The highest BCUT2D eigenvalue weighted by Gasteiger charge is 2.32. The number of morpholine rings is 1. The van der Waals surface area contributed by atoms with Gasteiger partial charge in [0.2, 0.25) is 5.91 Å². The second-order valence-corrected chi connectivity index (χ2v) is 4.05. The molecule has 1 saturated heterocycles. The number of benzene rings is 1. The van der Waals surface area contributed by atoms with Gasteiger partial charge in [0.15, 0.2) is 0 Å². The van der Waals surface area contributed by atoms with Crippen LogP contribution in [0.3, 0.4) is 0 Å². The van der Waals surface area contributed by atoms with Crippen molar-refractivity contribution < 1.29 is 9.53 Å². The van der Waals surface area contributed by atoms with Crippen molar-refractivity contribution in [1.29, 1.82) is 5.26 Å². The molecule has 4 nitrogen and oxygen atoms in total. The molecule has 4 heteroatoms. The fraction of sp³-hybridized carbons (Fsp3) is 0.385. The summed E-state index contributed by atoms with van der Waals surface area (Å²) in [6.45, 7) is 2.29. The van der Waals surface area contributed by atoms with Crippen molar-refractivity contribution in [2.24, 2.45) is 0 Å². The van der Waals surface area contributed by atoms with Crippen molar-refractivity contribution in [2.75, 3.05) is 13.2 Å². The van der Waals surface area contributed by atoms with E-state index in [-0.39, 0.29) is 18.6 Å². The molecular formula is C13H14N2O2. The van der Waals surface area contributed by atoms with Crippen LogP contribution in [0.1, 0.15) is 18.5 Å². The van der Waals surface area contributed by atoms with Gasteiger partial charge in [0.1, 0.15) is 12.6 Å². The van der Waals surface area contributed by atoms with Gasteiger partial charge in [-0.05, 0) is 12.5 Å². The Hall–Kier alpha value is -1.86. The average molecular weight is 230 g/mol. The molecule has 1 aliphatic rings. The van der Waals surface area contributed by atoms with Gasteiger partial charge in [0.05, 0.1) is 18.7 Å². The summed E-state index contributed by atoms with van der Waals surface area (Å²) in [4.78, 5) is 13.4. The molecule has 0 spiro atoms. The Bertz CT molecular complexity index is 438. The second kappa shape index (κ2) is 4.98. The minimum absolute atomic E-state index is 0.0648. The minimum atomic E-state index is -0.494. The zero-order valence-electron chi connectivity index (χ0n) is 9.67. The number of carbonyl (C=O) groups excluding carboxylic acids is 1. The predicted octanol–water partition coefficient (Wildman–Crippen LogP) is 1.50. The summed E-state index contributed by atoms with van der Waals surface area (Å²) < 4.78 is 5.09. The molecule has 17 heavy (non-hydrogen) atoms. The van der Waals surface area contributed by atoms with Crippen molar-refractivity contribution >= 4 is 5.91 Å². The third kappa shape index (κ3) is 2.29. The standard InChI is InChI=1S/C13H14N2O2/c1-10(11-5-3-2-4-6-11)15-12(7-14)8-17-9-13(15)16/h2-6,10,12H,8-9H2,1H3. The Balaban J connectivity index is 2.25. The van der Waals surface area contributed by atoms with Crippen molar-refractivity contribution in [3.63, 3.8) is 0 Å². The summed E-state index contributed by atoms with van der Waals surface area (Å²) >= 11 is 0. The molecule has 0 aliphatic carbocycles. The van der Waals surface area contributed by atoms with E-state index in [1.165, 1.54) is 0 Å². The van der Waals surface area contributed by atoms with E-state index in [1.807, 2.05) is 37.3 Å². The van der Waals surface area contributed by atoms with Crippen LogP contribution in [-0.4, -0.2) is 30.1 Å². The largest absolute Gasteiger partial charge is 0.368 e. The van der Waals surface area contributed by atoms with E-state index in [4.69, 9.17) is 10.00 Å². The van der Waals surface area contributed by atoms with E-state index >= 15 is 0 Å². The molecule has 2 rings (SSSR count). The summed E-state index contributed by atoms with van der Waals surface area (Å²) in [7, 11) is 0. The third-order valence-corrected chi connectivity index (χ3v) is 2.97. The van der Waals surface area contributed by atoms with Crippen LogP contribution < -0.4 is 0 Å². The summed E-state index contributed by atoms with van der Waals surface area (Å²) in [6, 6.07) is 11.2. The van der Waals surface area contributed by atoms with Crippen LogP contribution >= 0.6 is 0 Å². The van der Waals surface area contributed by atoms with Crippen LogP contribution in [0.4, 0.5) is 0 Å². The molecule has 1 heterocycles. The van der Waals surface area contributed by atoms with E-state index < -0.39 is 6.04 Å². The van der Waals surface area contributed by atoms with Crippen molar-refractivity contribution in [2.45, 2.75) is 19.0 Å². The first kappa shape index (κ1) is 11.6. The molecule has 1 fully saturated rings. The maximum absolute atomic E-state index is 11.8. The molecule has 0 radical (unpaired) electrons. The molecule has 1 aromatic carbocycles. The Labute approximate surface area is 100 Å². The molecule has 0 saturated carbocycles. The number of nitrogens with zero attached hydrogens (tertiary/aromatic N) is 2. The molecule has 1 aromatic rings. The summed E-state index contributed by atoms with van der Waals surface area (Å²) in [5, 5.41) is 9.05.